The number of hydrogen-bond acceptors (Lipinski definition) is 2. The molecule has 0 aliphatic heterocycles. The minimum atomic E-state index is 0.0861. The second kappa shape index (κ2) is 5.42. The van der Waals surface area contributed by atoms with Crippen LogP contribution in [0.5, 0.6) is 0 Å². The fourth-order valence-corrected chi connectivity index (χ4v) is 5.59. The van der Waals surface area contributed by atoms with E-state index in [0.29, 0.717) is 5.78 Å². The van der Waals surface area contributed by atoms with Gasteiger partial charge in [-0.25, -0.2) is 0 Å². The first-order valence-corrected chi connectivity index (χ1v) is 8.51. The Morgan fingerprint density at radius 2 is 1.65 bits per heavy atom. The molecule has 114 valence electrons. The van der Waals surface area contributed by atoms with E-state index in [9.17, 15) is 4.79 Å². The summed E-state index contributed by atoms with van der Waals surface area (Å²) < 4.78 is 0. The lowest BCUT2D eigenvalue weighted by atomic mass is 9.48. The van der Waals surface area contributed by atoms with Crippen molar-refractivity contribution in [3.63, 3.8) is 0 Å². The SMILES string of the molecule is C[C@H]([NH2+]CCN(C)C)C(=O)C12CC3CC(CC(C3)C1)C2. The van der Waals surface area contributed by atoms with Crippen LogP contribution >= 0.6 is 0 Å². The Balaban J connectivity index is 1.61. The molecule has 0 aromatic rings. The number of carbonyl (C=O) groups excluding carboxylic acids is 1. The van der Waals surface area contributed by atoms with Gasteiger partial charge in [-0.15, -0.1) is 0 Å². The second-order valence-electron chi connectivity index (χ2n) is 8.18. The molecule has 4 aliphatic carbocycles. The van der Waals surface area contributed by atoms with E-state index >= 15 is 0 Å². The van der Waals surface area contributed by atoms with E-state index in [2.05, 4.69) is 31.2 Å². The standard InChI is InChI=1S/C17H30N2O/c1-12(18-4-5-19(2)3)16(20)17-9-13-6-14(10-17)8-15(7-13)11-17/h12-15,18H,4-11H2,1-3H3/p+1/t12-,13?,14?,15?,17?/m0/s1. The lowest BCUT2D eigenvalue weighted by Crippen LogP contribution is -2.93. The van der Waals surface area contributed by atoms with Gasteiger partial charge in [-0.3, -0.25) is 4.79 Å². The highest BCUT2D eigenvalue weighted by molar-refractivity contribution is 5.88. The Morgan fingerprint density at radius 3 is 2.10 bits per heavy atom. The third-order valence-corrected chi connectivity index (χ3v) is 6.07. The Hall–Kier alpha value is -0.410. The van der Waals surface area contributed by atoms with Crippen molar-refractivity contribution < 1.29 is 10.1 Å². The molecule has 0 spiro atoms. The lowest BCUT2D eigenvalue weighted by Gasteiger charge is -2.56. The summed E-state index contributed by atoms with van der Waals surface area (Å²) in [6.07, 6.45) is 7.90. The maximum Gasteiger partial charge on any atom is 0.195 e. The van der Waals surface area contributed by atoms with Crippen LogP contribution in [0.2, 0.25) is 0 Å². The molecule has 0 saturated heterocycles. The summed E-state index contributed by atoms with van der Waals surface area (Å²) in [6, 6.07) is 0.159. The number of likely N-dealkylation sites (N-methyl/N-ethyl adjacent to an activating group) is 1. The third kappa shape index (κ3) is 2.67. The molecule has 4 fully saturated rings. The van der Waals surface area contributed by atoms with Crippen molar-refractivity contribution in [1.82, 2.24) is 4.90 Å². The smallest absolute Gasteiger partial charge is 0.195 e. The van der Waals surface area contributed by atoms with Crippen LogP contribution < -0.4 is 5.32 Å². The Kier molecular flexibility index (Phi) is 3.93. The minimum absolute atomic E-state index is 0.0861. The lowest BCUT2D eigenvalue weighted by molar-refractivity contribution is -0.673. The minimum Gasteiger partial charge on any atom is -0.337 e. The van der Waals surface area contributed by atoms with Crippen LogP contribution in [-0.4, -0.2) is 43.9 Å². The Labute approximate surface area is 123 Å². The van der Waals surface area contributed by atoms with Gasteiger partial charge in [0.25, 0.3) is 0 Å². The molecular weight excluding hydrogens is 248 g/mol. The molecule has 1 atom stereocenters. The molecule has 0 aromatic heterocycles. The summed E-state index contributed by atoms with van der Waals surface area (Å²) >= 11 is 0. The fraction of sp³-hybridized carbons (Fsp3) is 0.941. The maximum absolute atomic E-state index is 13.0. The summed E-state index contributed by atoms with van der Waals surface area (Å²) in [5.74, 6) is 3.20. The predicted octanol–water partition coefficient (Wildman–Crippen LogP) is 1.29. The number of Topliss-reactive ketones (excluding diaryl/α,β-unsaturated/α-hetero) is 1. The van der Waals surface area contributed by atoms with Crippen LogP contribution in [0.1, 0.15) is 45.4 Å². The number of quaternary nitrogens is 1. The number of nitrogens with zero attached hydrogens (tertiary/aromatic N) is 1. The molecule has 4 aliphatic rings. The van der Waals surface area contributed by atoms with Crippen LogP contribution in [0, 0.1) is 23.2 Å². The van der Waals surface area contributed by atoms with E-state index in [1.807, 2.05) is 0 Å². The molecule has 3 heteroatoms. The first kappa shape index (κ1) is 14.5. The number of carbonyl (C=O) groups is 1. The Bertz CT molecular complexity index is 342. The average Bonchev–Trinajstić information content (AvgIpc) is 2.35. The molecule has 4 bridgehead atoms. The molecule has 2 N–H and O–H groups in total. The highest BCUT2D eigenvalue weighted by Gasteiger charge is 2.55. The highest BCUT2D eigenvalue weighted by Crippen LogP contribution is 2.60. The van der Waals surface area contributed by atoms with Crippen LogP contribution in [0.4, 0.5) is 0 Å². The predicted molar refractivity (Wildman–Crippen MR) is 80.4 cm³/mol. The van der Waals surface area contributed by atoms with E-state index in [1.165, 1.54) is 38.5 Å². The van der Waals surface area contributed by atoms with Crippen molar-refractivity contribution in [2.24, 2.45) is 23.2 Å². The largest absolute Gasteiger partial charge is 0.337 e. The van der Waals surface area contributed by atoms with Gasteiger partial charge in [0.2, 0.25) is 0 Å². The zero-order chi connectivity index (χ0) is 14.3. The topological polar surface area (TPSA) is 36.9 Å². The van der Waals surface area contributed by atoms with Gasteiger partial charge in [0.05, 0.1) is 6.54 Å². The van der Waals surface area contributed by atoms with Gasteiger partial charge < -0.3 is 10.2 Å². The average molecular weight is 279 g/mol. The molecule has 4 saturated carbocycles. The zero-order valence-electron chi connectivity index (χ0n) is 13.4. The Morgan fingerprint density at radius 1 is 1.15 bits per heavy atom. The van der Waals surface area contributed by atoms with Crippen molar-refractivity contribution in [3.8, 4) is 0 Å². The van der Waals surface area contributed by atoms with Crippen molar-refractivity contribution in [1.29, 1.82) is 0 Å². The highest BCUT2D eigenvalue weighted by atomic mass is 16.1. The zero-order valence-corrected chi connectivity index (χ0v) is 13.4. The quantitative estimate of drug-likeness (QED) is 0.795. The van der Waals surface area contributed by atoms with Crippen molar-refractivity contribution in [2.45, 2.75) is 51.5 Å². The van der Waals surface area contributed by atoms with Gasteiger partial charge in [-0.1, -0.05) is 0 Å². The van der Waals surface area contributed by atoms with Gasteiger partial charge in [0, 0.05) is 12.0 Å². The van der Waals surface area contributed by atoms with E-state index < -0.39 is 0 Å². The monoisotopic (exact) mass is 279 g/mol. The molecule has 0 heterocycles. The van der Waals surface area contributed by atoms with Crippen molar-refractivity contribution in [2.75, 3.05) is 27.2 Å². The summed E-state index contributed by atoms with van der Waals surface area (Å²) in [4.78, 5) is 15.2. The summed E-state index contributed by atoms with van der Waals surface area (Å²) in [7, 11) is 4.19. The third-order valence-electron chi connectivity index (χ3n) is 6.07. The molecule has 0 amide bonds. The number of ketones is 1. The number of hydrogen-bond donors (Lipinski definition) is 1. The summed E-state index contributed by atoms with van der Waals surface area (Å²) in [5.41, 5.74) is 0.0861. The van der Waals surface area contributed by atoms with Crippen LogP contribution in [0.15, 0.2) is 0 Å². The van der Waals surface area contributed by atoms with E-state index in [0.717, 1.165) is 30.8 Å². The van der Waals surface area contributed by atoms with E-state index in [4.69, 9.17) is 0 Å². The molecule has 3 nitrogen and oxygen atoms in total. The first-order valence-electron chi connectivity index (χ1n) is 8.51. The van der Waals surface area contributed by atoms with Gasteiger partial charge in [-0.2, -0.15) is 0 Å². The van der Waals surface area contributed by atoms with Crippen LogP contribution in [0.25, 0.3) is 0 Å². The normalized spacial score (nSPS) is 40.3. The van der Waals surface area contributed by atoms with Crippen molar-refractivity contribution in [3.05, 3.63) is 0 Å². The number of rotatable bonds is 6. The first-order chi connectivity index (χ1) is 9.48. The molecule has 0 aromatic carbocycles. The van der Waals surface area contributed by atoms with Gasteiger partial charge in [-0.05, 0) is 77.3 Å². The second-order valence-corrected chi connectivity index (χ2v) is 8.18. The van der Waals surface area contributed by atoms with Gasteiger partial charge >= 0.3 is 0 Å². The van der Waals surface area contributed by atoms with E-state index in [1.54, 1.807) is 0 Å². The molecule has 4 rings (SSSR count). The van der Waals surface area contributed by atoms with E-state index in [-0.39, 0.29) is 11.5 Å². The molecule has 0 unspecified atom stereocenters. The van der Waals surface area contributed by atoms with Crippen molar-refractivity contribution >= 4 is 5.78 Å². The van der Waals surface area contributed by atoms with Crippen LogP contribution in [-0.2, 0) is 4.79 Å². The molecule has 0 radical (unpaired) electrons. The van der Waals surface area contributed by atoms with Crippen LogP contribution in [0.3, 0.4) is 0 Å². The number of nitrogens with two attached hydrogens (primary N) is 1. The fourth-order valence-electron chi connectivity index (χ4n) is 5.59. The summed E-state index contributed by atoms with van der Waals surface area (Å²) in [6.45, 7) is 4.22. The van der Waals surface area contributed by atoms with Gasteiger partial charge in [0.15, 0.2) is 5.78 Å². The maximum atomic E-state index is 13.0. The molecule has 20 heavy (non-hydrogen) atoms. The van der Waals surface area contributed by atoms with Gasteiger partial charge in [0.1, 0.15) is 6.04 Å². The summed E-state index contributed by atoms with van der Waals surface area (Å²) in [5, 5.41) is 2.26. The molecular formula is C17H31N2O+.